The molecule has 0 unspecified atom stereocenters. The molecule has 0 aromatic heterocycles. The van der Waals surface area contributed by atoms with Crippen LogP contribution in [0.2, 0.25) is 0 Å². The minimum atomic E-state index is -4.66. The largest absolute Gasteiger partial charge is 0.573 e. The van der Waals surface area contributed by atoms with E-state index in [0.29, 0.717) is 18.2 Å². The number of unbranched alkanes of at least 4 members (excludes halogenated alkanes) is 1. The number of benzene rings is 1. The molecule has 1 aromatic carbocycles. The highest BCUT2D eigenvalue weighted by molar-refractivity contribution is 6.17. The molecule has 0 amide bonds. The van der Waals surface area contributed by atoms with Crippen LogP contribution in [0, 0.1) is 0 Å². The number of hydrogen-bond acceptors (Lipinski definition) is 2. The maximum atomic E-state index is 11.9. The predicted molar refractivity (Wildman–Crippen MR) is 58.6 cm³/mol. The minimum absolute atomic E-state index is 0.259. The van der Waals surface area contributed by atoms with Crippen molar-refractivity contribution < 1.29 is 22.6 Å². The zero-order valence-corrected chi connectivity index (χ0v) is 9.72. The third kappa shape index (κ3) is 6.26. The molecule has 0 aliphatic carbocycles. The fourth-order valence-electron chi connectivity index (χ4n) is 1.12. The first-order valence-corrected chi connectivity index (χ1v) is 5.59. The SMILES string of the molecule is FC(F)(F)Oc1ccc(OCCCCCl)cc1. The molecule has 2 nitrogen and oxygen atoms in total. The lowest BCUT2D eigenvalue weighted by atomic mass is 10.3. The Morgan fingerprint density at radius 2 is 1.59 bits per heavy atom. The Balaban J connectivity index is 2.39. The topological polar surface area (TPSA) is 18.5 Å². The van der Waals surface area contributed by atoms with Gasteiger partial charge in [-0.1, -0.05) is 0 Å². The van der Waals surface area contributed by atoms with Gasteiger partial charge in [-0.2, -0.15) is 0 Å². The van der Waals surface area contributed by atoms with Crippen molar-refractivity contribution in [3.8, 4) is 11.5 Å². The number of alkyl halides is 4. The first kappa shape index (κ1) is 14.0. The molecule has 0 aliphatic rings. The van der Waals surface area contributed by atoms with Crippen molar-refractivity contribution in [2.75, 3.05) is 12.5 Å². The average Bonchev–Trinajstić information content (AvgIpc) is 2.25. The molecule has 0 N–H and O–H groups in total. The molecule has 1 aromatic rings. The van der Waals surface area contributed by atoms with Crippen LogP contribution in [0.5, 0.6) is 11.5 Å². The summed E-state index contributed by atoms with van der Waals surface area (Å²) in [5.41, 5.74) is 0. The Morgan fingerprint density at radius 3 is 2.12 bits per heavy atom. The van der Waals surface area contributed by atoms with Crippen molar-refractivity contribution in [3.63, 3.8) is 0 Å². The molecule has 0 fully saturated rings. The molecule has 6 heteroatoms. The van der Waals surface area contributed by atoms with Crippen LogP contribution in [0.4, 0.5) is 13.2 Å². The molecule has 0 saturated carbocycles. The lowest BCUT2D eigenvalue weighted by Crippen LogP contribution is -2.16. The van der Waals surface area contributed by atoms with Crippen LogP contribution < -0.4 is 9.47 Å². The number of halogens is 4. The summed E-state index contributed by atoms with van der Waals surface area (Å²) in [6, 6.07) is 5.29. The van der Waals surface area contributed by atoms with Crippen molar-refractivity contribution in [3.05, 3.63) is 24.3 Å². The Bertz CT molecular complexity index is 324. The standard InChI is InChI=1S/C11H12ClF3O2/c12-7-1-2-8-16-9-3-5-10(6-4-9)17-11(13,14)15/h3-6H,1-2,7-8H2. The van der Waals surface area contributed by atoms with E-state index in [9.17, 15) is 13.2 Å². The smallest absolute Gasteiger partial charge is 0.494 e. The number of rotatable bonds is 6. The molecule has 0 spiro atoms. The Hall–Kier alpha value is -1.10. The fraction of sp³-hybridized carbons (Fsp3) is 0.455. The molecular weight excluding hydrogens is 257 g/mol. The third-order valence-corrected chi connectivity index (χ3v) is 2.12. The molecule has 0 radical (unpaired) electrons. The summed E-state index contributed by atoms with van der Waals surface area (Å²) in [7, 11) is 0. The second-order valence-electron chi connectivity index (χ2n) is 3.26. The summed E-state index contributed by atoms with van der Waals surface area (Å²) < 4.78 is 44.6. The Kier molecular flexibility index (Phi) is 5.41. The molecule has 0 atom stereocenters. The maximum Gasteiger partial charge on any atom is 0.573 e. The van der Waals surface area contributed by atoms with E-state index in [1.165, 1.54) is 24.3 Å². The zero-order chi connectivity index (χ0) is 12.7. The summed E-state index contributed by atoms with van der Waals surface area (Å²) >= 11 is 5.49. The summed E-state index contributed by atoms with van der Waals surface area (Å²) in [5.74, 6) is 0.821. The van der Waals surface area contributed by atoms with Gasteiger partial charge in [0.15, 0.2) is 0 Å². The fourth-order valence-corrected chi connectivity index (χ4v) is 1.31. The van der Waals surface area contributed by atoms with Crippen LogP contribution in [-0.4, -0.2) is 18.8 Å². The van der Waals surface area contributed by atoms with Gasteiger partial charge in [0, 0.05) is 5.88 Å². The van der Waals surface area contributed by atoms with E-state index in [1.807, 2.05) is 0 Å². The van der Waals surface area contributed by atoms with Gasteiger partial charge in [-0.05, 0) is 37.1 Å². The second kappa shape index (κ2) is 6.59. The van der Waals surface area contributed by atoms with Crippen molar-refractivity contribution in [2.45, 2.75) is 19.2 Å². The van der Waals surface area contributed by atoms with Crippen LogP contribution in [-0.2, 0) is 0 Å². The molecule has 0 saturated heterocycles. The van der Waals surface area contributed by atoms with Gasteiger partial charge in [-0.15, -0.1) is 24.8 Å². The van der Waals surface area contributed by atoms with Crippen molar-refractivity contribution >= 4 is 11.6 Å². The van der Waals surface area contributed by atoms with E-state index in [4.69, 9.17) is 16.3 Å². The van der Waals surface area contributed by atoms with Crippen molar-refractivity contribution in [1.82, 2.24) is 0 Å². The first-order chi connectivity index (χ1) is 8.01. The van der Waals surface area contributed by atoms with E-state index in [-0.39, 0.29) is 5.75 Å². The van der Waals surface area contributed by atoms with E-state index >= 15 is 0 Å². The van der Waals surface area contributed by atoms with E-state index < -0.39 is 6.36 Å². The lowest BCUT2D eigenvalue weighted by Gasteiger charge is -2.09. The van der Waals surface area contributed by atoms with Crippen molar-refractivity contribution in [1.29, 1.82) is 0 Å². The molecule has 0 aliphatic heterocycles. The molecule has 96 valence electrons. The quantitative estimate of drug-likeness (QED) is 0.574. The van der Waals surface area contributed by atoms with Crippen LogP contribution in [0.3, 0.4) is 0 Å². The minimum Gasteiger partial charge on any atom is -0.494 e. The van der Waals surface area contributed by atoms with Crippen LogP contribution in [0.25, 0.3) is 0 Å². The van der Waals surface area contributed by atoms with Gasteiger partial charge in [0.25, 0.3) is 0 Å². The lowest BCUT2D eigenvalue weighted by molar-refractivity contribution is -0.274. The number of hydrogen-bond donors (Lipinski definition) is 0. The normalized spacial score (nSPS) is 11.3. The van der Waals surface area contributed by atoms with Gasteiger partial charge in [0.05, 0.1) is 6.61 Å². The predicted octanol–water partition coefficient (Wildman–Crippen LogP) is 3.98. The highest BCUT2D eigenvalue weighted by atomic mass is 35.5. The van der Waals surface area contributed by atoms with Crippen molar-refractivity contribution in [2.24, 2.45) is 0 Å². The summed E-state index contributed by atoms with van der Waals surface area (Å²) in [4.78, 5) is 0. The van der Waals surface area contributed by atoms with Crippen LogP contribution in [0.1, 0.15) is 12.8 Å². The zero-order valence-electron chi connectivity index (χ0n) is 8.97. The van der Waals surface area contributed by atoms with Gasteiger partial charge in [-0.25, -0.2) is 0 Å². The summed E-state index contributed by atoms with van der Waals surface area (Å²) in [6.07, 6.45) is -3.01. The highest BCUT2D eigenvalue weighted by Gasteiger charge is 2.30. The number of ether oxygens (including phenoxy) is 2. The first-order valence-electron chi connectivity index (χ1n) is 5.06. The molecule has 0 heterocycles. The Morgan fingerprint density at radius 1 is 1.00 bits per heavy atom. The van der Waals surface area contributed by atoms with Gasteiger partial charge in [0.2, 0.25) is 0 Å². The van der Waals surface area contributed by atoms with Crippen LogP contribution >= 0.6 is 11.6 Å². The Labute approximate surface area is 102 Å². The van der Waals surface area contributed by atoms with Gasteiger partial charge < -0.3 is 9.47 Å². The monoisotopic (exact) mass is 268 g/mol. The second-order valence-corrected chi connectivity index (χ2v) is 3.64. The van der Waals surface area contributed by atoms with Gasteiger partial charge in [-0.3, -0.25) is 0 Å². The van der Waals surface area contributed by atoms with Crippen LogP contribution in [0.15, 0.2) is 24.3 Å². The maximum absolute atomic E-state index is 11.9. The van der Waals surface area contributed by atoms with E-state index in [2.05, 4.69) is 4.74 Å². The van der Waals surface area contributed by atoms with E-state index in [1.54, 1.807) is 0 Å². The van der Waals surface area contributed by atoms with Gasteiger partial charge >= 0.3 is 6.36 Å². The average molecular weight is 269 g/mol. The third-order valence-electron chi connectivity index (χ3n) is 1.85. The molecule has 0 bridgehead atoms. The van der Waals surface area contributed by atoms with E-state index in [0.717, 1.165) is 12.8 Å². The molecular formula is C11H12ClF3O2. The van der Waals surface area contributed by atoms with Gasteiger partial charge in [0.1, 0.15) is 11.5 Å². The molecule has 1 rings (SSSR count). The molecule has 17 heavy (non-hydrogen) atoms. The summed E-state index contributed by atoms with van der Waals surface area (Å²) in [5, 5.41) is 0. The summed E-state index contributed by atoms with van der Waals surface area (Å²) in [6.45, 7) is 0.492. The highest BCUT2D eigenvalue weighted by Crippen LogP contribution is 2.24.